The maximum Gasteiger partial charge on any atom is 0.191 e. The van der Waals surface area contributed by atoms with E-state index in [4.69, 9.17) is 14.1 Å². The van der Waals surface area contributed by atoms with Crippen molar-refractivity contribution < 1.29 is 9.15 Å². The molecule has 0 aliphatic carbocycles. The highest BCUT2D eigenvalue weighted by molar-refractivity contribution is 14.0. The molecule has 0 radical (unpaired) electrons. The molecule has 3 fully saturated rings. The van der Waals surface area contributed by atoms with E-state index in [0.29, 0.717) is 24.8 Å². The van der Waals surface area contributed by atoms with Crippen molar-refractivity contribution in [1.29, 1.82) is 0 Å². The minimum atomic E-state index is 0. The monoisotopic (exact) mass is 488 g/mol. The number of furan rings is 1. The van der Waals surface area contributed by atoms with E-state index in [-0.39, 0.29) is 30.0 Å². The lowest BCUT2D eigenvalue weighted by molar-refractivity contribution is 0.0992. The van der Waals surface area contributed by atoms with E-state index in [1.165, 1.54) is 25.7 Å². The van der Waals surface area contributed by atoms with Gasteiger partial charge in [-0.05, 0) is 71.2 Å². The van der Waals surface area contributed by atoms with Crippen molar-refractivity contribution in [2.75, 3.05) is 26.2 Å². The van der Waals surface area contributed by atoms with Gasteiger partial charge < -0.3 is 19.8 Å². The smallest absolute Gasteiger partial charge is 0.191 e. The molecule has 1 aromatic heterocycles. The number of guanidine groups is 1. The molecule has 0 spiro atoms. The van der Waals surface area contributed by atoms with Crippen molar-refractivity contribution >= 4 is 29.9 Å². The lowest BCUT2D eigenvalue weighted by Gasteiger charge is -2.26. The number of rotatable bonds is 6. The van der Waals surface area contributed by atoms with Gasteiger partial charge in [0.2, 0.25) is 0 Å². The van der Waals surface area contributed by atoms with Crippen LogP contribution in [0.5, 0.6) is 0 Å². The average Bonchev–Trinajstić information content (AvgIpc) is 3.41. The Balaban J connectivity index is 0.00000210. The van der Waals surface area contributed by atoms with E-state index < -0.39 is 0 Å². The highest BCUT2D eigenvalue weighted by Crippen LogP contribution is 2.34. The number of aryl methyl sites for hydroxylation is 1. The Kier molecular flexibility index (Phi) is 7.44. The maximum absolute atomic E-state index is 5.97. The first-order valence-corrected chi connectivity index (χ1v) is 10.2. The summed E-state index contributed by atoms with van der Waals surface area (Å²) in [6.07, 6.45) is 6.81. The summed E-state index contributed by atoms with van der Waals surface area (Å²) >= 11 is 0. The van der Waals surface area contributed by atoms with Crippen LogP contribution < -0.4 is 10.6 Å². The number of nitrogens with one attached hydrogen (secondary N) is 2. The van der Waals surface area contributed by atoms with Crippen LogP contribution in [-0.4, -0.2) is 55.3 Å². The highest BCUT2D eigenvalue weighted by Gasteiger charge is 2.41. The summed E-state index contributed by atoms with van der Waals surface area (Å²) in [5.74, 6) is 2.91. The van der Waals surface area contributed by atoms with Crippen molar-refractivity contribution in [3.63, 3.8) is 0 Å². The summed E-state index contributed by atoms with van der Waals surface area (Å²) in [4.78, 5) is 7.43. The lowest BCUT2D eigenvalue weighted by Crippen LogP contribution is -2.47. The molecule has 0 aromatic carbocycles. The number of halogens is 1. The second kappa shape index (κ2) is 9.60. The number of fused-ring (bicyclic) bond motifs is 2. The summed E-state index contributed by atoms with van der Waals surface area (Å²) in [7, 11) is 0. The Morgan fingerprint density at radius 3 is 2.70 bits per heavy atom. The zero-order chi connectivity index (χ0) is 17.9. The average molecular weight is 488 g/mol. The first kappa shape index (κ1) is 20.9. The van der Waals surface area contributed by atoms with Crippen LogP contribution in [0, 0.1) is 6.92 Å². The van der Waals surface area contributed by atoms with Crippen LogP contribution >= 0.6 is 24.0 Å². The molecule has 152 valence electrons. The molecule has 4 unspecified atom stereocenters. The number of hydrogen-bond acceptors (Lipinski definition) is 4. The predicted octanol–water partition coefficient (Wildman–Crippen LogP) is 3.22. The minimum absolute atomic E-state index is 0. The second-order valence-electron chi connectivity index (χ2n) is 7.79. The van der Waals surface area contributed by atoms with E-state index >= 15 is 0 Å². The van der Waals surface area contributed by atoms with Crippen LogP contribution in [0.1, 0.15) is 56.6 Å². The Hall–Kier alpha value is -0.800. The molecule has 2 bridgehead atoms. The summed E-state index contributed by atoms with van der Waals surface area (Å²) in [6.45, 7) is 7.96. The topological polar surface area (TPSA) is 62.0 Å². The quantitative estimate of drug-likeness (QED) is 0.366. The molecule has 3 saturated heterocycles. The second-order valence-corrected chi connectivity index (χ2v) is 7.79. The van der Waals surface area contributed by atoms with E-state index in [0.717, 1.165) is 43.5 Å². The van der Waals surface area contributed by atoms with E-state index in [9.17, 15) is 0 Å². The number of nitrogens with zero attached hydrogens (tertiary/aromatic N) is 2. The van der Waals surface area contributed by atoms with Crippen molar-refractivity contribution in [1.82, 2.24) is 15.5 Å². The first-order valence-electron chi connectivity index (χ1n) is 10.2. The molecular weight excluding hydrogens is 455 g/mol. The summed E-state index contributed by atoms with van der Waals surface area (Å²) in [6, 6.07) is 4.77. The molecular formula is C20H33IN4O2. The van der Waals surface area contributed by atoms with Gasteiger partial charge in [0.25, 0.3) is 0 Å². The van der Waals surface area contributed by atoms with Gasteiger partial charge in [0.15, 0.2) is 5.96 Å². The molecule has 4 rings (SSSR count). The van der Waals surface area contributed by atoms with Gasteiger partial charge in [0.1, 0.15) is 11.5 Å². The van der Waals surface area contributed by atoms with Gasteiger partial charge in [-0.15, -0.1) is 24.0 Å². The van der Waals surface area contributed by atoms with Crippen LogP contribution in [0.25, 0.3) is 0 Å². The van der Waals surface area contributed by atoms with Gasteiger partial charge in [-0.1, -0.05) is 0 Å². The SMILES string of the molecule is CCNC(=NCC(c1ccc(C)o1)N1CCCC1)NC1CC2CCC1O2.I. The van der Waals surface area contributed by atoms with Gasteiger partial charge in [-0.2, -0.15) is 0 Å². The first-order chi connectivity index (χ1) is 12.7. The fraction of sp³-hybridized carbons (Fsp3) is 0.750. The number of hydrogen-bond donors (Lipinski definition) is 2. The molecule has 0 saturated carbocycles. The van der Waals surface area contributed by atoms with Crippen molar-refractivity contribution in [3.8, 4) is 0 Å². The maximum atomic E-state index is 5.97. The Labute approximate surface area is 179 Å². The van der Waals surface area contributed by atoms with Crippen LogP contribution in [0.3, 0.4) is 0 Å². The minimum Gasteiger partial charge on any atom is -0.465 e. The normalized spacial score (nSPS) is 29.0. The number of likely N-dealkylation sites (tertiary alicyclic amines) is 1. The molecule has 7 heteroatoms. The van der Waals surface area contributed by atoms with E-state index in [1.807, 2.05) is 6.92 Å². The largest absolute Gasteiger partial charge is 0.465 e. The van der Waals surface area contributed by atoms with Crippen molar-refractivity contribution in [3.05, 3.63) is 23.7 Å². The molecule has 3 aliphatic rings. The van der Waals surface area contributed by atoms with Gasteiger partial charge in [-0.3, -0.25) is 9.89 Å². The molecule has 4 heterocycles. The third-order valence-corrected chi connectivity index (χ3v) is 5.87. The fourth-order valence-corrected chi connectivity index (χ4v) is 4.53. The molecule has 27 heavy (non-hydrogen) atoms. The number of ether oxygens (including phenoxy) is 1. The molecule has 1 aromatic rings. The van der Waals surface area contributed by atoms with Crippen LogP contribution in [0.2, 0.25) is 0 Å². The van der Waals surface area contributed by atoms with Gasteiger partial charge >= 0.3 is 0 Å². The summed E-state index contributed by atoms with van der Waals surface area (Å²) < 4.78 is 11.9. The van der Waals surface area contributed by atoms with Crippen LogP contribution in [0.4, 0.5) is 0 Å². The van der Waals surface area contributed by atoms with Gasteiger partial charge in [0, 0.05) is 6.54 Å². The Morgan fingerprint density at radius 2 is 2.11 bits per heavy atom. The van der Waals surface area contributed by atoms with Gasteiger partial charge in [0.05, 0.1) is 30.8 Å². The predicted molar refractivity (Wildman–Crippen MR) is 118 cm³/mol. The van der Waals surface area contributed by atoms with Crippen molar-refractivity contribution in [2.24, 2.45) is 4.99 Å². The third kappa shape index (κ3) is 4.98. The lowest BCUT2D eigenvalue weighted by atomic mass is 9.96. The van der Waals surface area contributed by atoms with Crippen LogP contribution in [-0.2, 0) is 4.74 Å². The molecule has 3 aliphatic heterocycles. The molecule has 6 nitrogen and oxygen atoms in total. The molecule has 4 atom stereocenters. The standard InChI is InChI=1S/C20H32N4O2.HI/c1-3-21-20(23-16-12-15-7-9-18(16)26-15)22-13-17(24-10-4-5-11-24)19-8-6-14(2)25-19;/h6,8,15-18H,3-5,7,9-13H2,1-2H3,(H2,21,22,23);1H. The van der Waals surface area contributed by atoms with Crippen LogP contribution in [0.15, 0.2) is 21.5 Å². The Bertz CT molecular complexity index is 629. The Morgan fingerprint density at radius 1 is 1.30 bits per heavy atom. The molecule has 0 amide bonds. The number of aliphatic imine (C=N–C) groups is 1. The third-order valence-electron chi connectivity index (χ3n) is 5.87. The summed E-state index contributed by atoms with van der Waals surface area (Å²) in [5.41, 5.74) is 0. The molecule has 2 N–H and O–H groups in total. The zero-order valence-corrected chi connectivity index (χ0v) is 18.8. The summed E-state index contributed by atoms with van der Waals surface area (Å²) in [5, 5.41) is 7.02. The van der Waals surface area contributed by atoms with Gasteiger partial charge in [-0.25, -0.2) is 0 Å². The fourth-order valence-electron chi connectivity index (χ4n) is 4.53. The van der Waals surface area contributed by atoms with E-state index in [2.05, 4.69) is 34.6 Å². The van der Waals surface area contributed by atoms with E-state index in [1.54, 1.807) is 0 Å². The zero-order valence-electron chi connectivity index (χ0n) is 16.4. The highest BCUT2D eigenvalue weighted by atomic mass is 127. The van der Waals surface area contributed by atoms with Crippen molar-refractivity contribution in [2.45, 2.75) is 70.2 Å².